The molecule has 0 aliphatic heterocycles. The Bertz CT molecular complexity index is 921. The van der Waals surface area contributed by atoms with Gasteiger partial charge in [-0.2, -0.15) is 0 Å². The van der Waals surface area contributed by atoms with Gasteiger partial charge in [0.2, 0.25) is 11.8 Å². The van der Waals surface area contributed by atoms with Crippen LogP contribution in [0.3, 0.4) is 0 Å². The Morgan fingerprint density at radius 2 is 1.83 bits per heavy atom. The molecule has 2 aliphatic carbocycles. The molecule has 152 valence electrons. The summed E-state index contributed by atoms with van der Waals surface area (Å²) < 4.78 is 15.8. The van der Waals surface area contributed by atoms with Gasteiger partial charge in [-0.3, -0.25) is 9.59 Å². The first-order valence-corrected chi connectivity index (χ1v) is 9.62. The zero-order valence-electron chi connectivity index (χ0n) is 16.4. The summed E-state index contributed by atoms with van der Waals surface area (Å²) >= 11 is 0. The molecule has 7 heteroatoms. The first-order chi connectivity index (χ1) is 14.1. The van der Waals surface area contributed by atoms with Crippen LogP contribution in [0.5, 0.6) is 11.5 Å². The molecule has 0 unspecified atom stereocenters. The lowest BCUT2D eigenvalue weighted by molar-refractivity contribution is -0.133. The normalized spacial score (nSPS) is 24.3. The van der Waals surface area contributed by atoms with E-state index in [1.165, 1.54) is 7.11 Å². The molecule has 0 saturated heterocycles. The lowest BCUT2D eigenvalue weighted by Gasteiger charge is -2.26. The number of hydrogen-bond donors (Lipinski definition) is 2. The predicted octanol–water partition coefficient (Wildman–Crippen LogP) is 2.99. The fourth-order valence-electron chi connectivity index (χ4n) is 4.36. The molecule has 29 heavy (non-hydrogen) atoms. The van der Waals surface area contributed by atoms with Crippen molar-refractivity contribution in [1.82, 2.24) is 5.32 Å². The molecule has 7 nitrogen and oxygen atoms in total. The zero-order valence-corrected chi connectivity index (χ0v) is 16.4. The average molecular weight is 396 g/mol. The van der Waals surface area contributed by atoms with Gasteiger partial charge in [0.15, 0.2) is 0 Å². The Labute approximate surface area is 169 Å². The maximum absolute atomic E-state index is 13.1. The number of anilines is 1. The van der Waals surface area contributed by atoms with Crippen LogP contribution in [0.1, 0.15) is 12.2 Å². The molecule has 1 saturated carbocycles. The minimum absolute atomic E-state index is 0.0589. The zero-order chi connectivity index (χ0) is 20.4. The third-order valence-electron chi connectivity index (χ3n) is 5.75. The van der Waals surface area contributed by atoms with E-state index in [1.54, 1.807) is 43.7 Å². The molecule has 4 rings (SSSR count). The van der Waals surface area contributed by atoms with Gasteiger partial charge < -0.3 is 24.5 Å². The Hall–Kier alpha value is -3.22. The van der Waals surface area contributed by atoms with E-state index >= 15 is 0 Å². The minimum atomic E-state index is -0.423. The second-order valence-corrected chi connectivity index (χ2v) is 7.35. The van der Waals surface area contributed by atoms with Crippen LogP contribution in [-0.2, 0) is 16.1 Å². The summed E-state index contributed by atoms with van der Waals surface area (Å²) in [4.78, 5) is 26.0. The highest BCUT2D eigenvalue weighted by atomic mass is 16.5. The van der Waals surface area contributed by atoms with E-state index < -0.39 is 11.8 Å². The number of rotatable bonds is 7. The highest BCUT2D eigenvalue weighted by Crippen LogP contribution is 2.48. The minimum Gasteiger partial charge on any atom is -0.497 e. The van der Waals surface area contributed by atoms with Crippen LogP contribution in [0, 0.1) is 23.7 Å². The van der Waals surface area contributed by atoms with Crippen molar-refractivity contribution in [3.8, 4) is 11.5 Å². The second-order valence-electron chi connectivity index (χ2n) is 7.35. The van der Waals surface area contributed by atoms with Crippen LogP contribution in [0.2, 0.25) is 0 Å². The van der Waals surface area contributed by atoms with E-state index in [0.29, 0.717) is 29.5 Å². The lowest BCUT2D eigenvalue weighted by Crippen LogP contribution is -2.41. The number of carbonyl (C=O) groups is 2. The number of benzene rings is 1. The fraction of sp³-hybridized carbons (Fsp3) is 0.364. The molecule has 2 aliphatic rings. The molecule has 1 heterocycles. The highest BCUT2D eigenvalue weighted by molar-refractivity contribution is 5.98. The van der Waals surface area contributed by atoms with Crippen molar-refractivity contribution in [2.24, 2.45) is 23.7 Å². The van der Waals surface area contributed by atoms with Crippen LogP contribution in [-0.4, -0.2) is 26.0 Å². The smallest absolute Gasteiger partial charge is 0.229 e. The van der Waals surface area contributed by atoms with E-state index in [1.807, 2.05) is 0 Å². The maximum atomic E-state index is 13.1. The quantitative estimate of drug-likeness (QED) is 0.703. The average Bonchev–Trinajstić information content (AvgIpc) is 3.49. The van der Waals surface area contributed by atoms with Crippen molar-refractivity contribution < 1.29 is 23.5 Å². The van der Waals surface area contributed by atoms with Gasteiger partial charge in [-0.15, -0.1) is 0 Å². The molecule has 2 N–H and O–H groups in total. The van der Waals surface area contributed by atoms with Crippen molar-refractivity contribution in [2.45, 2.75) is 13.0 Å². The number of methoxy groups -OCH3 is 2. The molecule has 1 fully saturated rings. The highest BCUT2D eigenvalue weighted by Gasteiger charge is 2.51. The van der Waals surface area contributed by atoms with Crippen molar-refractivity contribution >= 4 is 17.5 Å². The molecule has 2 amide bonds. The standard InChI is InChI=1S/C22H24N2O5/c1-27-15-7-8-17(18(11-15)28-2)24-22(26)20-14-6-5-13(10-14)19(20)21(25)23-12-16-4-3-9-29-16/h3-9,11,13-14,19-20H,10,12H2,1-2H3,(H,23,25)(H,24,26)/t13-,14+,19-,20-/m1/s1. The maximum Gasteiger partial charge on any atom is 0.229 e. The first-order valence-electron chi connectivity index (χ1n) is 9.62. The first kappa shape index (κ1) is 19.1. The molecule has 4 atom stereocenters. The van der Waals surface area contributed by atoms with Crippen molar-refractivity contribution in [3.05, 3.63) is 54.5 Å². The van der Waals surface area contributed by atoms with Crippen LogP contribution in [0.15, 0.2) is 53.2 Å². The van der Waals surface area contributed by atoms with Gasteiger partial charge in [-0.25, -0.2) is 0 Å². The topological polar surface area (TPSA) is 89.8 Å². The van der Waals surface area contributed by atoms with E-state index in [9.17, 15) is 9.59 Å². The Morgan fingerprint density at radius 3 is 2.48 bits per heavy atom. The van der Waals surface area contributed by atoms with E-state index in [-0.39, 0.29) is 23.7 Å². The van der Waals surface area contributed by atoms with Crippen molar-refractivity contribution in [3.63, 3.8) is 0 Å². The fourth-order valence-corrected chi connectivity index (χ4v) is 4.36. The third kappa shape index (κ3) is 3.72. The number of ether oxygens (including phenoxy) is 2. The summed E-state index contributed by atoms with van der Waals surface area (Å²) in [6.45, 7) is 0.310. The van der Waals surface area contributed by atoms with Gasteiger partial charge in [-0.1, -0.05) is 12.2 Å². The third-order valence-corrected chi connectivity index (χ3v) is 5.75. The SMILES string of the molecule is COc1ccc(NC(=O)[C@H]2[C@H](C(=O)NCc3ccco3)[C@@H]3C=C[C@H]2C3)c(OC)c1. The molecular weight excluding hydrogens is 372 g/mol. The number of carbonyl (C=O) groups excluding carboxylic acids is 2. The molecule has 1 aromatic heterocycles. The summed E-state index contributed by atoms with van der Waals surface area (Å²) in [5.74, 6) is 0.837. The molecular formula is C22H24N2O5. The second kappa shape index (κ2) is 8.03. The van der Waals surface area contributed by atoms with E-state index in [4.69, 9.17) is 13.9 Å². The summed E-state index contributed by atoms with van der Waals surface area (Å²) in [5.41, 5.74) is 0.555. The molecule has 1 aromatic carbocycles. The van der Waals surface area contributed by atoms with Crippen molar-refractivity contribution in [1.29, 1.82) is 0 Å². The largest absolute Gasteiger partial charge is 0.497 e. The lowest BCUT2D eigenvalue weighted by atomic mass is 9.81. The van der Waals surface area contributed by atoms with Crippen LogP contribution < -0.4 is 20.1 Å². The van der Waals surface area contributed by atoms with Gasteiger partial charge >= 0.3 is 0 Å². The van der Waals surface area contributed by atoms with Gasteiger partial charge in [0, 0.05) is 6.07 Å². The Kier molecular flexibility index (Phi) is 5.29. The summed E-state index contributed by atoms with van der Waals surface area (Å²) in [5, 5.41) is 5.85. The predicted molar refractivity (Wildman–Crippen MR) is 106 cm³/mol. The van der Waals surface area contributed by atoms with Gasteiger partial charge in [0.05, 0.1) is 44.6 Å². The summed E-state index contributed by atoms with van der Waals surface area (Å²) in [7, 11) is 3.11. The Morgan fingerprint density at radius 1 is 1.07 bits per heavy atom. The summed E-state index contributed by atoms with van der Waals surface area (Å²) in [6, 6.07) is 8.79. The number of hydrogen-bond acceptors (Lipinski definition) is 5. The number of allylic oxidation sites excluding steroid dienone is 2. The van der Waals surface area contributed by atoms with Gasteiger partial charge in [-0.05, 0) is 42.5 Å². The van der Waals surface area contributed by atoms with Gasteiger partial charge in [0.25, 0.3) is 0 Å². The number of furan rings is 1. The Balaban J connectivity index is 1.49. The molecule has 2 bridgehead atoms. The number of amides is 2. The molecule has 0 radical (unpaired) electrons. The monoisotopic (exact) mass is 396 g/mol. The number of fused-ring (bicyclic) bond motifs is 2. The van der Waals surface area contributed by atoms with Crippen molar-refractivity contribution in [2.75, 3.05) is 19.5 Å². The van der Waals surface area contributed by atoms with Crippen LogP contribution in [0.25, 0.3) is 0 Å². The van der Waals surface area contributed by atoms with Crippen LogP contribution in [0.4, 0.5) is 5.69 Å². The number of nitrogens with one attached hydrogen (secondary N) is 2. The van der Waals surface area contributed by atoms with E-state index in [0.717, 1.165) is 6.42 Å². The summed E-state index contributed by atoms with van der Waals surface area (Å²) in [6.07, 6.45) is 6.49. The molecule has 2 aromatic rings. The van der Waals surface area contributed by atoms with Gasteiger partial charge in [0.1, 0.15) is 17.3 Å². The molecule has 0 spiro atoms. The van der Waals surface area contributed by atoms with Crippen LogP contribution >= 0.6 is 0 Å². The van der Waals surface area contributed by atoms with E-state index in [2.05, 4.69) is 22.8 Å².